The fourth-order valence-corrected chi connectivity index (χ4v) is 3.81. The van der Waals surface area contributed by atoms with E-state index in [0.29, 0.717) is 0 Å². The van der Waals surface area contributed by atoms with Gasteiger partial charge in [0.2, 0.25) is 0 Å². The Labute approximate surface area is 128 Å². The molecule has 3 saturated carbocycles. The van der Waals surface area contributed by atoms with Gasteiger partial charge < -0.3 is 10.1 Å². The van der Waals surface area contributed by atoms with Gasteiger partial charge in [0.05, 0.1) is 0 Å². The molecule has 0 saturated heterocycles. The smallest absolute Gasteiger partial charge is 0.408 e. The van der Waals surface area contributed by atoms with Crippen molar-refractivity contribution >= 4 is 22.0 Å². The summed E-state index contributed by atoms with van der Waals surface area (Å²) < 4.78 is 6.44. The van der Waals surface area contributed by atoms with Crippen LogP contribution in [-0.4, -0.2) is 17.2 Å². The maximum atomic E-state index is 11.8. The van der Waals surface area contributed by atoms with Crippen LogP contribution in [0.25, 0.3) is 0 Å². The van der Waals surface area contributed by atoms with Crippen molar-refractivity contribution in [1.82, 2.24) is 5.32 Å². The fraction of sp³-hybridized carbons (Fsp3) is 0.562. The van der Waals surface area contributed by atoms with Crippen LogP contribution in [0.5, 0.6) is 0 Å². The van der Waals surface area contributed by atoms with Gasteiger partial charge in [0, 0.05) is 15.4 Å². The zero-order valence-electron chi connectivity index (χ0n) is 12.1. The molecule has 0 aliphatic heterocycles. The predicted molar refractivity (Wildman–Crippen MR) is 81.8 cm³/mol. The molecule has 3 nitrogen and oxygen atoms in total. The number of ether oxygens (including phenoxy) is 1. The van der Waals surface area contributed by atoms with Crippen LogP contribution >= 0.6 is 15.9 Å². The number of hydrogen-bond acceptors (Lipinski definition) is 2. The Bertz CT molecular complexity index is 525. The van der Waals surface area contributed by atoms with Gasteiger partial charge in [-0.05, 0) is 57.7 Å². The first-order valence-corrected chi connectivity index (χ1v) is 7.79. The molecule has 4 rings (SSSR count). The molecule has 4 heteroatoms. The van der Waals surface area contributed by atoms with Crippen LogP contribution in [-0.2, 0) is 10.2 Å². The molecular weight excluding hydrogens is 318 g/mol. The zero-order chi connectivity index (χ0) is 14.6. The lowest BCUT2D eigenvalue weighted by Gasteiger charge is -2.70. The third-order valence-electron chi connectivity index (χ3n) is 4.25. The van der Waals surface area contributed by atoms with E-state index in [4.69, 9.17) is 4.74 Å². The minimum absolute atomic E-state index is 0.0184. The summed E-state index contributed by atoms with van der Waals surface area (Å²) in [6.45, 7) is 5.66. The summed E-state index contributed by atoms with van der Waals surface area (Å²) in [6.07, 6.45) is 2.80. The Morgan fingerprint density at radius 2 is 1.75 bits per heavy atom. The van der Waals surface area contributed by atoms with Crippen molar-refractivity contribution in [2.75, 3.05) is 0 Å². The maximum absolute atomic E-state index is 11.8. The van der Waals surface area contributed by atoms with Crippen LogP contribution in [0.4, 0.5) is 4.79 Å². The summed E-state index contributed by atoms with van der Waals surface area (Å²) in [5, 5.41) is 3.05. The van der Waals surface area contributed by atoms with E-state index >= 15 is 0 Å². The van der Waals surface area contributed by atoms with Gasteiger partial charge in [-0.2, -0.15) is 0 Å². The van der Waals surface area contributed by atoms with Gasteiger partial charge in [0.1, 0.15) is 5.60 Å². The number of halogens is 1. The van der Waals surface area contributed by atoms with E-state index in [-0.39, 0.29) is 17.0 Å². The van der Waals surface area contributed by atoms with E-state index in [1.54, 1.807) is 0 Å². The summed E-state index contributed by atoms with van der Waals surface area (Å²) in [5.74, 6) is 0. The summed E-state index contributed by atoms with van der Waals surface area (Å²) in [4.78, 5) is 11.8. The van der Waals surface area contributed by atoms with Gasteiger partial charge in [-0.25, -0.2) is 4.79 Å². The second-order valence-corrected chi connectivity index (χ2v) is 8.14. The Morgan fingerprint density at radius 1 is 1.20 bits per heavy atom. The highest BCUT2D eigenvalue weighted by atomic mass is 79.9. The lowest BCUT2D eigenvalue weighted by Crippen LogP contribution is -2.76. The third kappa shape index (κ3) is 2.34. The van der Waals surface area contributed by atoms with Crippen molar-refractivity contribution in [1.29, 1.82) is 0 Å². The molecule has 0 heterocycles. The predicted octanol–water partition coefficient (Wildman–Crippen LogP) is 4.15. The molecule has 3 fully saturated rings. The molecule has 0 unspecified atom stereocenters. The average Bonchev–Trinajstić information content (AvgIpc) is 2.20. The molecule has 0 atom stereocenters. The first kappa shape index (κ1) is 13.9. The monoisotopic (exact) mass is 337 g/mol. The molecule has 3 aliphatic carbocycles. The highest BCUT2D eigenvalue weighted by Gasteiger charge is 2.69. The number of hydrogen-bond donors (Lipinski definition) is 1. The van der Waals surface area contributed by atoms with Gasteiger partial charge in [-0.1, -0.05) is 28.1 Å². The summed E-state index contributed by atoms with van der Waals surface area (Å²) >= 11 is 3.46. The molecule has 0 radical (unpaired) electrons. The number of amides is 1. The van der Waals surface area contributed by atoms with Gasteiger partial charge in [0.25, 0.3) is 0 Å². The van der Waals surface area contributed by atoms with Crippen molar-refractivity contribution in [3.05, 3.63) is 34.3 Å². The molecule has 0 spiro atoms. The summed E-state index contributed by atoms with van der Waals surface area (Å²) in [7, 11) is 0. The molecule has 0 aromatic heterocycles. The fourth-order valence-electron chi connectivity index (χ4n) is 3.55. The SMILES string of the molecule is CC(C)(C)OC(=O)NC12CC(c3ccc(Br)cc3)(C1)C2. The molecular formula is C16H20BrNO2. The van der Waals surface area contributed by atoms with Crippen LogP contribution in [0.2, 0.25) is 0 Å². The Kier molecular flexibility index (Phi) is 2.95. The number of rotatable bonds is 2. The average molecular weight is 338 g/mol. The van der Waals surface area contributed by atoms with Crippen molar-refractivity contribution in [3.63, 3.8) is 0 Å². The Balaban J connectivity index is 1.58. The summed E-state index contributed by atoms with van der Waals surface area (Å²) in [5.41, 5.74) is 1.22. The normalized spacial score (nSPS) is 31.0. The van der Waals surface area contributed by atoms with Crippen molar-refractivity contribution in [2.45, 2.75) is 56.6 Å². The van der Waals surface area contributed by atoms with Crippen LogP contribution in [0.3, 0.4) is 0 Å². The molecule has 20 heavy (non-hydrogen) atoms. The standard InChI is InChI=1S/C16H20BrNO2/c1-14(2,3)20-13(19)18-16-8-15(9-16,10-16)11-4-6-12(17)7-5-11/h4-7H,8-10H2,1-3H3,(H,18,19). The van der Waals surface area contributed by atoms with E-state index in [9.17, 15) is 4.79 Å². The van der Waals surface area contributed by atoms with E-state index in [2.05, 4.69) is 45.5 Å². The lowest BCUT2D eigenvalue weighted by atomic mass is 9.37. The second kappa shape index (κ2) is 4.23. The second-order valence-electron chi connectivity index (χ2n) is 7.22. The minimum Gasteiger partial charge on any atom is -0.444 e. The van der Waals surface area contributed by atoms with E-state index in [0.717, 1.165) is 23.7 Å². The van der Waals surface area contributed by atoms with Crippen LogP contribution in [0.15, 0.2) is 28.7 Å². The Hall–Kier alpha value is -1.03. The molecule has 1 aromatic carbocycles. The first-order chi connectivity index (χ1) is 9.22. The number of alkyl carbamates (subject to hydrolysis) is 1. The van der Waals surface area contributed by atoms with Gasteiger partial charge >= 0.3 is 6.09 Å². The maximum Gasteiger partial charge on any atom is 0.408 e. The van der Waals surface area contributed by atoms with Gasteiger partial charge in [-0.15, -0.1) is 0 Å². The highest BCUT2D eigenvalue weighted by Crippen LogP contribution is 2.67. The van der Waals surface area contributed by atoms with Crippen LogP contribution < -0.4 is 5.32 Å². The molecule has 1 N–H and O–H groups in total. The van der Waals surface area contributed by atoms with Gasteiger partial charge in [-0.3, -0.25) is 0 Å². The molecule has 1 aromatic rings. The molecule has 1 amide bonds. The van der Waals surface area contributed by atoms with Crippen LogP contribution in [0, 0.1) is 0 Å². The third-order valence-corrected chi connectivity index (χ3v) is 4.78. The molecule has 3 aliphatic rings. The Morgan fingerprint density at radius 3 is 2.25 bits per heavy atom. The molecule has 108 valence electrons. The van der Waals surface area contributed by atoms with Crippen molar-refractivity contribution < 1.29 is 9.53 Å². The van der Waals surface area contributed by atoms with E-state index in [1.807, 2.05) is 20.8 Å². The number of nitrogens with one attached hydrogen (secondary N) is 1. The van der Waals surface area contributed by atoms with Gasteiger partial charge in [0.15, 0.2) is 0 Å². The van der Waals surface area contributed by atoms with E-state index < -0.39 is 5.60 Å². The molecule has 2 bridgehead atoms. The number of carbonyl (C=O) groups excluding carboxylic acids is 1. The largest absolute Gasteiger partial charge is 0.444 e. The first-order valence-electron chi connectivity index (χ1n) is 6.99. The lowest BCUT2D eigenvalue weighted by molar-refractivity contribution is -0.0884. The van der Waals surface area contributed by atoms with Crippen molar-refractivity contribution in [2.24, 2.45) is 0 Å². The topological polar surface area (TPSA) is 38.3 Å². The van der Waals surface area contributed by atoms with Crippen molar-refractivity contribution in [3.8, 4) is 0 Å². The summed E-state index contributed by atoms with van der Waals surface area (Å²) in [6, 6.07) is 8.54. The van der Waals surface area contributed by atoms with Crippen LogP contribution in [0.1, 0.15) is 45.6 Å². The number of carbonyl (C=O) groups is 1. The number of benzene rings is 1. The highest BCUT2D eigenvalue weighted by molar-refractivity contribution is 9.10. The quantitative estimate of drug-likeness (QED) is 0.880. The minimum atomic E-state index is -0.434. The zero-order valence-corrected chi connectivity index (χ0v) is 13.7. The van der Waals surface area contributed by atoms with E-state index in [1.165, 1.54) is 5.56 Å².